The summed E-state index contributed by atoms with van der Waals surface area (Å²) in [7, 11) is 2.11. The van der Waals surface area contributed by atoms with Crippen molar-refractivity contribution in [3.63, 3.8) is 0 Å². The number of likely N-dealkylation sites (tertiary alicyclic amines) is 1. The third-order valence-corrected chi connectivity index (χ3v) is 6.18. The van der Waals surface area contributed by atoms with Gasteiger partial charge in [0.25, 0.3) is 0 Å². The molecule has 2 aliphatic rings. The molecule has 0 aliphatic carbocycles. The van der Waals surface area contributed by atoms with E-state index in [1.54, 1.807) is 7.11 Å². The Kier molecular flexibility index (Phi) is 22.4. The SMILES string of the molecule is C=C.CC.CF.COc1cc(C(=NCCC(N)F)NC2CCNCC2)c(N=CN)cc1OCCCN1CCCC1. The van der Waals surface area contributed by atoms with Crippen LogP contribution in [-0.4, -0.2) is 89.6 Å². The Morgan fingerprint density at radius 3 is 2.42 bits per heavy atom. The lowest BCUT2D eigenvalue weighted by atomic mass is 10.0. The number of halogens is 2. The molecule has 6 N–H and O–H groups in total. The Morgan fingerprint density at radius 1 is 1.20 bits per heavy atom. The van der Waals surface area contributed by atoms with Crippen molar-refractivity contribution in [3.8, 4) is 11.5 Å². The van der Waals surface area contributed by atoms with E-state index in [1.165, 1.54) is 32.3 Å². The Hall–Kier alpha value is -2.76. The molecule has 0 saturated carbocycles. The summed E-state index contributed by atoms with van der Waals surface area (Å²) in [5.74, 6) is 1.83. The lowest BCUT2D eigenvalue weighted by Gasteiger charge is -2.26. The van der Waals surface area contributed by atoms with E-state index in [0.717, 1.165) is 44.5 Å². The molecule has 1 unspecified atom stereocenters. The monoisotopic (exact) mass is 569 g/mol. The van der Waals surface area contributed by atoms with E-state index >= 15 is 0 Å². The largest absolute Gasteiger partial charge is 0.493 e. The third kappa shape index (κ3) is 14.0. The van der Waals surface area contributed by atoms with Crippen LogP contribution in [0.4, 0.5) is 14.5 Å². The molecule has 2 heterocycles. The Balaban J connectivity index is 0.00000237. The number of methoxy groups -OCH3 is 1. The van der Waals surface area contributed by atoms with Crippen molar-refractivity contribution in [2.45, 2.75) is 64.7 Å². The standard InChI is InChI=1S/C24H40FN7O2.C2H6.C2H4.CH3F/c1-33-21-15-19(24(29-10-7-23(25)27)31-18-5-8-28-9-6-18)20(30-17-26)16-22(21)34-14-4-13-32-11-2-3-12-32;3*1-2/h15-18,23,28H,2-14,27H2,1H3,(H2,26,30)(H,29,31);1-2H3;1-2H2;1H3. The van der Waals surface area contributed by atoms with Gasteiger partial charge in [-0.2, -0.15) is 0 Å². The maximum atomic E-state index is 13.2. The molecular weight excluding hydrogens is 516 g/mol. The number of benzene rings is 1. The second-order valence-corrected chi connectivity index (χ2v) is 8.75. The number of rotatable bonds is 12. The highest BCUT2D eigenvalue weighted by atomic mass is 19.1. The Morgan fingerprint density at radius 2 is 1.85 bits per heavy atom. The van der Waals surface area contributed by atoms with Gasteiger partial charge in [-0.25, -0.2) is 9.38 Å². The van der Waals surface area contributed by atoms with Crippen molar-refractivity contribution in [2.24, 2.45) is 21.5 Å². The number of alkyl halides is 2. The Labute approximate surface area is 240 Å². The molecule has 0 radical (unpaired) electrons. The average molecular weight is 570 g/mol. The highest BCUT2D eigenvalue weighted by Crippen LogP contribution is 2.35. The van der Waals surface area contributed by atoms with Crippen LogP contribution in [-0.2, 0) is 0 Å². The fourth-order valence-electron chi connectivity index (χ4n) is 4.34. The van der Waals surface area contributed by atoms with Gasteiger partial charge in [-0.05, 0) is 64.3 Å². The molecule has 0 spiro atoms. The first-order valence-electron chi connectivity index (χ1n) is 14.2. The van der Waals surface area contributed by atoms with Gasteiger partial charge in [-0.3, -0.25) is 9.38 Å². The van der Waals surface area contributed by atoms with E-state index in [0.29, 0.717) is 36.8 Å². The molecule has 11 heteroatoms. The molecular formula is C29H53F2N7O2. The quantitative estimate of drug-likeness (QED) is 0.0972. The summed E-state index contributed by atoms with van der Waals surface area (Å²) in [6.07, 6.45) is 5.42. The summed E-state index contributed by atoms with van der Waals surface area (Å²) in [4.78, 5) is 11.5. The summed E-state index contributed by atoms with van der Waals surface area (Å²) in [5, 5.41) is 6.89. The van der Waals surface area contributed by atoms with E-state index in [2.05, 4.69) is 38.7 Å². The Bertz CT molecular complexity index is 829. The van der Waals surface area contributed by atoms with Crippen LogP contribution < -0.4 is 31.6 Å². The molecule has 230 valence electrons. The first-order valence-corrected chi connectivity index (χ1v) is 14.2. The first-order chi connectivity index (χ1) is 19.6. The van der Waals surface area contributed by atoms with E-state index in [-0.39, 0.29) is 19.0 Å². The number of hydrogen-bond acceptors (Lipinski definition) is 7. The molecule has 0 aromatic heterocycles. The number of hydrogen-bond donors (Lipinski definition) is 4. The molecule has 40 heavy (non-hydrogen) atoms. The predicted molar refractivity (Wildman–Crippen MR) is 165 cm³/mol. The molecule has 2 aliphatic heterocycles. The molecule has 0 bridgehead atoms. The molecule has 1 aromatic carbocycles. The fourth-order valence-corrected chi connectivity index (χ4v) is 4.34. The van der Waals surface area contributed by atoms with Gasteiger partial charge in [0.15, 0.2) is 11.5 Å². The van der Waals surface area contributed by atoms with Gasteiger partial charge < -0.3 is 36.5 Å². The molecule has 0 amide bonds. The highest BCUT2D eigenvalue weighted by molar-refractivity contribution is 6.04. The van der Waals surface area contributed by atoms with Crippen molar-refractivity contribution < 1.29 is 18.3 Å². The summed E-state index contributed by atoms with van der Waals surface area (Å²) in [6.45, 7) is 16.1. The second-order valence-electron chi connectivity index (χ2n) is 8.75. The molecule has 1 atom stereocenters. The van der Waals surface area contributed by atoms with Gasteiger partial charge in [-0.1, -0.05) is 13.8 Å². The maximum Gasteiger partial charge on any atom is 0.163 e. The predicted octanol–water partition coefficient (Wildman–Crippen LogP) is 4.33. The number of piperidine rings is 1. The third-order valence-electron chi connectivity index (χ3n) is 6.18. The smallest absolute Gasteiger partial charge is 0.163 e. The van der Waals surface area contributed by atoms with Crippen molar-refractivity contribution in [1.82, 2.24) is 15.5 Å². The van der Waals surface area contributed by atoms with Crippen molar-refractivity contribution in [3.05, 3.63) is 30.9 Å². The molecule has 9 nitrogen and oxygen atoms in total. The summed E-state index contributed by atoms with van der Waals surface area (Å²) in [6, 6.07) is 3.94. The minimum atomic E-state index is -1.41. The van der Waals surface area contributed by atoms with E-state index in [1.807, 2.05) is 26.0 Å². The van der Waals surface area contributed by atoms with E-state index < -0.39 is 6.30 Å². The van der Waals surface area contributed by atoms with Crippen LogP contribution in [0.5, 0.6) is 11.5 Å². The number of aliphatic imine (C=N–C) groups is 2. The molecule has 1 aromatic rings. The summed E-state index contributed by atoms with van der Waals surface area (Å²) in [5.41, 5.74) is 12.3. The average Bonchev–Trinajstić information content (AvgIpc) is 3.52. The number of nitrogens with one attached hydrogen (secondary N) is 2. The van der Waals surface area contributed by atoms with Crippen LogP contribution in [0.2, 0.25) is 0 Å². The lowest BCUT2D eigenvalue weighted by Crippen LogP contribution is -2.43. The van der Waals surface area contributed by atoms with Crippen LogP contribution in [0.15, 0.2) is 35.3 Å². The van der Waals surface area contributed by atoms with Gasteiger partial charge >= 0.3 is 0 Å². The fraction of sp³-hybridized carbons (Fsp3) is 0.655. The summed E-state index contributed by atoms with van der Waals surface area (Å²) >= 11 is 0. The second kappa shape index (κ2) is 24.1. The zero-order valence-corrected chi connectivity index (χ0v) is 25.1. The zero-order valence-electron chi connectivity index (χ0n) is 25.1. The first kappa shape index (κ1) is 37.2. The summed E-state index contributed by atoms with van der Waals surface area (Å²) < 4.78 is 34.4. The van der Waals surface area contributed by atoms with Gasteiger partial charge in [0.1, 0.15) is 12.1 Å². The normalized spacial score (nSPS) is 16.5. The highest BCUT2D eigenvalue weighted by Gasteiger charge is 2.20. The van der Waals surface area contributed by atoms with Crippen LogP contribution in [0, 0.1) is 0 Å². The van der Waals surface area contributed by atoms with Crippen LogP contribution >= 0.6 is 0 Å². The molecule has 3 rings (SSSR count). The molecule has 2 fully saturated rings. The van der Waals surface area contributed by atoms with Crippen LogP contribution in [0.1, 0.15) is 57.9 Å². The van der Waals surface area contributed by atoms with Crippen molar-refractivity contribution >= 4 is 17.9 Å². The van der Waals surface area contributed by atoms with Gasteiger partial charge in [0, 0.05) is 37.2 Å². The number of nitrogens with zero attached hydrogens (tertiary/aromatic N) is 3. The van der Waals surface area contributed by atoms with E-state index in [4.69, 9.17) is 20.9 Å². The zero-order chi connectivity index (χ0) is 30.2. The van der Waals surface area contributed by atoms with Gasteiger partial charge in [0.2, 0.25) is 0 Å². The van der Waals surface area contributed by atoms with Crippen molar-refractivity contribution in [1.29, 1.82) is 0 Å². The minimum absolute atomic E-state index is 0.141. The van der Waals surface area contributed by atoms with Gasteiger partial charge in [-0.15, -0.1) is 13.2 Å². The van der Waals surface area contributed by atoms with Crippen molar-refractivity contribution in [2.75, 3.05) is 60.2 Å². The number of ether oxygens (including phenoxy) is 2. The van der Waals surface area contributed by atoms with E-state index in [9.17, 15) is 8.78 Å². The maximum absolute atomic E-state index is 13.2. The number of amidine groups is 1. The minimum Gasteiger partial charge on any atom is -0.493 e. The number of nitrogens with two attached hydrogens (primary N) is 2. The molecule has 2 saturated heterocycles. The van der Waals surface area contributed by atoms with Crippen LogP contribution in [0.25, 0.3) is 0 Å². The lowest BCUT2D eigenvalue weighted by molar-refractivity contribution is 0.254. The van der Waals surface area contributed by atoms with Gasteiger partial charge in [0.05, 0.1) is 32.9 Å². The van der Waals surface area contributed by atoms with Crippen LogP contribution in [0.3, 0.4) is 0 Å². The topological polar surface area (TPSA) is 123 Å².